The normalized spacial score (nSPS) is 17.2. The Labute approximate surface area is 107 Å². The molecule has 1 aliphatic rings. The maximum absolute atomic E-state index is 14.4. The summed E-state index contributed by atoms with van der Waals surface area (Å²) in [4.78, 5) is 0. The van der Waals surface area contributed by atoms with Crippen LogP contribution in [0.25, 0.3) is 10.8 Å². The molecule has 0 saturated carbocycles. The molecule has 2 aromatic carbocycles. The summed E-state index contributed by atoms with van der Waals surface area (Å²) < 4.78 is 14.4. The van der Waals surface area contributed by atoms with Gasteiger partial charge in [-0.1, -0.05) is 36.4 Å². The molecule has 0 bridgehead atoms. The molecule has 18 heavy (non-hydrogen) atoms. The maximum atomic E-state index is 14.4. The second-order valence-electron chi connectivity index (χ2n) is 5.16. The molecule has 1 saturated heterocycles. The summed E-state index contributed by atoms with van der Waals surface area (Å²) in [7, 11) is 0. The predicted molar refractivity (Wildman–Crippen MR) is 73.2 cm³/mol. The van der Waals surface area contributed by atoms with E-state index in [1.165, 1.54) is 0 Å². The van der Waals surface area contributed by atoms with Crippen LogP contribution in [0.4, 0.5) is 4.39 Å². The lowest BCUT2D eigenvalue weighted by atomic mass is 9.90. The molecular formula is C16H18FN. The van der Waals surface area contributed by atoms with E-state index in [-0.39, 0.29) is 5.82 Å². The number of benzene rings is 2. The van der Waals surface area contributed by atoms with E-state index < -0.39 is 0 Å². The maximum Gasteiger partial charge on any atom is 0.134 e. The molecule has 0 spiro atoms. The van der Waals surface area contributed by atoms with Crippen LogP contribution in [0.1, 0.15) is 18.4 Å². The van der Waals surface area contributed by atoms with E-state index in [0.717, 1.165) is 48.7 Å². The van der Waals surface area contributed by atoms with Crippen LogP contribution < -0.4 is 5.32 Å². The molecule has 0 radical (unpaired) electrons. The number of halogens is 1. The van der Waals surface area contributed by atoms with Gasteiger partial charge < -0.3 is 5.32 Å². The number of hydrogen-bond acceptors (Lipinski definition) is 1. The van der Waals surface area contributed by atoms with Gasteiger partial charge >= 0.3 is 0 Å². The Bertz CT molecular complexity index is 544. The van der Waals surface area contributed by atoms with Gasteiger partial charge in [-0.3, -0.25) is 0 Å². The monoisotopic (exact) mass is 243 g/mol. The minimum Gasteiger partial charge on any atom is -0.317 e. The molecule has 0 unspecified atom stereocenters. The second kappa shape index (κ2) is 5.07. The number of nitrogens with one attached hydrogen (secondary N) is 1. The van der Waals surface area contributed by atoms with Crippen molar-refractivity contribution in [3.63, 3.8) is 0 Å². The molecule has 1 fully saturated rings. The molecule has 0 aromatic heterocycles. The zero-order valence-corrected chi connectivity index (χ0v) is 10.5. The van der Waals surface area contributed by atoms with Crippen molar-refractivity contribution in [3.8, 4) is 0 Å². The molecule has 1 nitrogen and oxygen atoms in total. The summed E-state index contributed by atoms with van der Waals surface area (Å²) in [5.74, 6) is 0.605. The minimum atomic E-state index is -0.0216. The van der Waals surface area contributed by atoms with E-state index in [9.17, 15) is 4.39 Å². The molecule has 0 amide bonds. The van der Waals surface area contributed by atoms with Crippen molar-refractivity contribution in [2.24, 2.45) is 5.92 Å². The van der Waals surface area contributed by atoms with Gasteiger partial charge in [0, 0.05) is 5.39 Å². The van der Waals surface area contributed by atoms with Gasteiger partial charge in [0.05, 0.1) is 0 Å². The fraction of sp³-hybridized carbons (Fsp3) is 0.375. The average molecular weight is 243 g/mol. The highest BCUT2D eigenvalue weighted by molar-refractivity contribution is 5.83. The summed E-state index contributed by atoms with van der Waals surface area (Å²) in [6.07, 6.45) is 3.19. The zero-order chi connectivity index (χ0) is 12.4. The average Bonchev–Trinajstić information content (AvgIpc) is 2.43. The van der Waals surface area contributed by atoms with Crippen molar-refractivity contribution in [1.29, 1.82) is 0 Å². The van der Waals surface area contributed by atoms with Crippen LogP contribution in [0, 0.1) is 11.7 Å². The van der Waals surface area contributed by atoms with Crippen LogP contribution in [0.5, 0.6) is 0 Å². The number of rotatable bonds is 2. The topological polar surface area (TPSA) is 12.0 Å². The van der Waals surface area contributed by atoms with Crippen molar-refractivity contribution >= 4 is 10.8 Å². The lowest BCUT2D eigenvalue weighted by Crippen LogP contribution is -2.28. The highest BCUT2D eigenvalue weighted by Gasteiger charge is 2.16. The smallest absolute Gasteiger partial charge is 0.134 e. The Morgan fingerprint density at radius 3 is 2.67 bits per heavy atom. The molecule has 94 valence electrons. The van der Waals surface area contributed by atoms with Crippen molar-refractivity contribution in [1.82, 2.24) is 5.32 Å². The van der Waals surface area contributed by atoms with E-state index >= 15 is 0 Å². The van der Waals surface area contributed by atoms with Gasteiger partial charge in [-0.25, -0.2) is 4.39 Å². The highest BCUT2D eigenvalue weighted by Crippen LogP contribution is 2.25. The van der Waals surface area contributed by atoms with Gasteiger partial charge in [0.15, 0.2) is 0 Å². The number of hydrogen-bond donors (Lipinski definition) is 1. The standard InChI is InChI=1S/C16H18FN/c17-16-14(11-12-7-9-18-10-8-12)6-5-13-3-1-2-4-15(13)16/h1-6,12,18H,7-11H2. The Morgan fingerprint density at radius 2 is 1.83 bits per heavy atom. The Hall–Kier alpha value is -1.41. The van der Waals surface area contributed by atoms with E-state index in [2.05, 4.69) is 5.32 Å². The Balaban J connectivity index is 1.89. The minimum absolute atomic E-state index is 0.0216. The largest absolute Gasteiger partial charge is 0.317 e. The van der Waals surface area contributed by atoms with Crippen LogP contribution in [0.15, 0.2) is 36.4 Å². The van der Waals surface area contributed by atoms with Gasteiger partial charge in [0.1, 0.15) is 5.82 Å². The first-order valence-corrected chi connectivity index (χ1v) is 6.71. The molecule has 1 heterocycles. The third-order valence-corrected chi connectivity index (χ3v) is 3.91. The summed E-state index contributed by atoms with van der Waals surface area (Å²) in [5.41, 5.74) is 0.876. The van der Waals surface area contributed by atoms with Crippen molar-refractivity contribution in [2.75, 3.05) is 13.1 Å². The zero-order valence-electron chi connectivity index (χ0n) is 10.5. The second-order valence-corrected chi connectivity index (χ2v) is 5.16. The fourth-order valence-electron chi connectivity index (χ4n) is 2.83. The summed E-state index contributed by atoms with van der Waals surface area (Å²) in [6, 6.07) is 11.7. The third kappa shape index (κ3) is 2.25. The van der Waals surface area contributed by atoms with Crippen molar-refractivity contribution in [3.05, 3.63) is 47.8 Å². The quantitative estimate of drug-likeness (QED) is 0.851. The summed E-state index contributed by atoms with van der Waals surface area (Å²) in [6.45, 7) is 2.14. The van der Waals surface area contributed by atoms with Crippen LogP contribution in [-0.2, 0) is 6.42 Å². The van der Waals surface area contributed by atoms with Gasteiger partial charge in [0.2, 0.25) is 0 Å². The molecule has 1 N–H and O–H groups in total. The van der Waals surface area contributed by atoms with Gasteiger partial charge in [0.25, 0.3) is 0 Å². The number of piperidine rings is 1. The predicted octanol–water partition coefficient (Wildman–Crippen LogP) is 3.52. The molecule has 3 rings (SSSR count). The Kier molecular flexibility index (Phi) is 3.28. The molecule has 1 aliphatic heterocycles. The van der Waals surface area contributed by atoms with Crippen LogP contribution in [0.2, 0.25) is 0 Å². The van der Waals surface area contributed by atoms with Crippen molar-refractivity contribution in [2.45, 2.75) is 19.3 Å². The van der Waals surface area contributed by atoms with Crippen LogP contribution in [-0.4, -0.2) is 13.1 Å². The van der Waals surface area contributed by atoms with E-state index in [1.807, 2.05) is 36.4 Å². The lowest BCUT2D eigenvalue weighted by molar-refractivity contribution is 0.369. The van der Waals surface area contributed by atoms with Gasteiger partial charge in [-0.15, -0.1) is 0 Å². The molecular weight excluding hydrogens is 225 g/mol. The van der Waals surface area contributed by atoms with Crippen LogP contribution in [0.3, 0.4) is 0 Å². The SMILES string of the molecule is Fc1c(CC2CCNCC2)ccc2ccccc12. The van der Waals surface area contributed by atoms with E-state index in [0.29, 0.717) is 5.92 Å². The first kappa shape index (κ1) is 11.7. The highest BCUT2D eigenvalue weighted by atomic mass is 19.1. The first-order valence-electron chi connectivity index (χ1n) is 6.71. The van der Waals surface area contributed by atoms with Gasteiger partial charge in [-0.2, -0.15) is 0 Å². The molecule has 2 heteroatoms. The summed E-state index contributed by atoms with van der Waals surface area (Å²) in [5, 5.41) is 5.09. The molecule has 0 aliphatic carbocycles. The molecule has 0 atom stereocenters. The van der Waals surface area contributed by atoms with E-state index in [4.69, 9.17) is 0 Å². The number of fused-ring (bicyclic) bond motifs is 1. The van der Waals surface area contributed by atoms with Gasteiger partial charge in [-0.05, 0) is 49.2 Å². The van der Waals surface area contributed by atoms with Crippen molar-refractivity contribution < 1.29 is 4.39 Å². The molecule has 2 aromatic rings. The summed E-state index contributed by atoms with van der Waals surface area (Å²) >= 11 is 0. The Morgan fingerprint density at radius 1 is 1.06 bits per heavy atom. The third-order valence-electron chi connectivity index (χ3n) is 3.91. The van der Waals surface area contributed by atoms with E-state index in [1.54, 1.807) is 0 Å². The fourth-order valence-corrected chi connectivity index (χ4v) is 2.83. The first-order chi connectivity index (χ1) is 8.84. The van der Waals surface area contributed by atoms with Crippen LogP contribution >= 0.6 is 0 Å². The lowest BCUT2D eigenvalue weighted by Gasteiger charge is -2.22.